The van der Waals surface area contributed by atoms with Crippen LogP contribution in [0.15, 0.2) is 12.3 Å². The van der Waals surface area contributed by atoms with Crippen molar-refractivity contribution in [2.24, 2.45) is 11.8 Å². The SMILES string of the molecule is Cc1cc(N)cnc1NCC(C)C(C)C. The molecule has 0 aromatic carbocycles. The molecule has 1 atom stereocenters. The minimum Gasteiger partial charge on any atom is -0.397 e. The predicted octanol–water partition coefficient (Wildman–Crippen LogP) is 2.68. The first-order chi connectivity index (χ1) is 7.00. The molecule has 0 fully saturated rings. The Balaban J connectivity index is 2.58. The Labute approximate surface area is 92.1 Å². The van der Waals surface area contributed by atoms with E-state index in [9.17, 15) is 0 Å². The Morgan fingerprint density at radius 2 is 2.07 bits per heavy atom. The van der Waals surface area contributed by atoms with Crippen molar-refractivity contribution in [2.45, 2.75) is 27.7 Å². The fourth-order valence-electron chi connectivity index (χ4n) is 1.27. The number of hydrogen-bond acceptors (Lipinski definition) is 3. The molecule has 1 heterocycles. The first-order valence-corrected chi connectivity index (χ1v) is 5.46. The molecule has 0 saturated heterocycles. The van der Waals surface area contributed by atoms with Crippen LogP contribution in [0.4, 0.5) is 11.5 Å². The number of aryl methyl sites for hydroxylation is 1. The third-order valence-corrected chi connectivity index (χ3v) is 2.83. The normalized spacial score (nSPS) is 12.9. The average Bonchev–Trinajstić information content (AvgIpc) is 2.15. The number of aromatic nitrogens is 1. The molecule has 0 aliphatic rings. The van der Waals surface area contributed by atoms with Gasteiger partial charge in [-0.25, -0.2) is 4.98 Å². The van der Waals surface area contributed by atoms with Crippen LogP contribution in [0.25, 0.3) is 0 Å². The second kappa shape index (κ2) is 5.01. The summed E-state index contributed by atoms with van der Waals surface area (Å²) < 4.78 is 0. The Morgan fingerprint density at radius 1 is 1.40 bits per heavy atom. The zero-order valence-electron chi connectivity index (χ0n) is 10.0. The number of nitrogens with one attached hydrogen (secondary N) is 1. The summed E-state index contributed by atoms with van der Waals surface area (Å²) >= 11 is 0. The molecule has 0 spiro atoms. The molecule has 3 heteroatoms. The molecule has 0 aliphatic carbocycles. The molecule has 0 aliphatic heterocycles. The van der Waals surface area contributed by atoms with Gasteiger partial charge in [0.05, 0.1) is 11.9 Å². The number of pyridine rings is 1. The van der Waals surface area contributed by atoms with Crippen molar-refractivity contribution in [1.82, 2.24) is 4.98 Å². The van der Waals surface area contributed by atoms with Crippen molar-refractivity contribution in [3.05, 3.63) is 17.8 Å². The van der Waals surface area contributed by atoms with E-state index in [2.05, 4.69) is 31.1 Å². The van der Waals surface area contributed by atoms with Gasteiger partial charge < -0.3 is 11.1 Å². The average molecular weight is 207 g/mol. The first-order valence-electron chi connectivity index (χ1n) is 5.46. The minimum atomic E-state index is 0.642. The summed E-state index contributed by atoms with van der Waals surface area (Å²) in [6, 6.07) is 1.94. The van der Waals surface area contributed by atoms with Crippen LogP contribution in [0.5, 0.6) is 0 Å². The molecule has 1 aromatic rings. The van der Waals surface area contributed by atoms with Gasteiger partial charge in [0.25, 0.3) is 0 Å². The lowest BCUT2D eigenvalue weighted by atomic mass is 9.98. The van der Waals surface area contributed by atoms with Gasteiger partial charge in [-0.1, -0.05) is 20.8 Å². The van der Waals surface area contributed by atoms with E-state index in [0.29, 0.717) is 11.8 Å². The van der Waals surface area contributed by atoms with E-state index in [0.717, 1.165) is 23.6 Å². The maximum absolute atomic E-state index is 5.64. The van der Waals surface area contributed by atoms with E-state index in [1.54, 1.807) is 6.20 Å². The summed E-state index contributed by atoms with van der Waals surface area (Å²) in [5, 5.41) is 3.35. The van der Waals surface area contributed by atoms with Crippen LogP contribution in [0.3, 0.4) is 0 Å². The molecule has 0 bridgehead atoms. The van der Waals surface area contributed by atoms with Gasteiger partial charge in [-0.2, -0.15) is 0 Å². The maximum Gasteiger partial charge on any atom is 0.129 e. The molecule has 84 valence electrons. The second-order valence-corrected chi connectivity index (χ2v) is 4.54. The van der Waals surface area contributed by atoms with E-state index >= 15 is 0 Å². The van der Waals surface area contributed by atoms with Crippen LogP contribution in [0.1, 0.15) is 26.3 Å². The smallest absolute Gasteiger partial charge is 0.129 e. The van der Waals surface area contributed by atoms with Gasteiger partial charge in [0.1, 0.15) is 5.82 Å². The number of rotatable bonds is 4. The molecule has 1 rings (SSSR count). The third-order valence-electron chi connectivity index (χ3n) is 2.83. The summed E-state index contributed by atoms with van der Waals surface area (Å²) in [6.45, 7) is 9.68. The highest BCUT2D eigenvalue weighted by Crippen LogP contribution is 2.16. The van der Waals surface area contributed by atoms with Crippen molar-refractivity contribution in [3.8, 4) is 0 Å². The Bertz CT molecular complexity index is 321. The van der Waals surface area contributed by atoms with Gasteiger partial charge in [-0.3, -0.25) is 0 Å². The van der Waals surface area contributed by atoms with Crippen LogP contribution in [-0.2, 0) is 0 Å². The molecular weight excluding hydrogens is 186 g/mol. The van der Waals surface area contributed by atoms with Crippen LogP contribution in [-0.4, -0.2) is 11.5 Å². The summed E-state index contributed by atoms with van der Waals surface area (Å²) in [4.78, 5) is 4.27. The number of nitrogen functional groups attached to an aromatic ring is 1. The van der Waals surface area contributed by atoms with E-state index in [1.807, 2.05) is 13.0 Å². The van der Waals surface area contributed by atoms with Crippen molar-refractivity contribution < 1.29 is 0 Å². The molecule has 3 N–H and O–H groups in total. The summed E-state index contributed by atoms with van der Waals surface area (Å²) in [6.07, 6.45) is 1.69. The Hall–Kier alpha value is -1.25. The Morgan fingerprint density at radius 3 is 2.60 bits per heavy atom. The number of nitrogens with two attached hydrogens (primary N) is 1. The summed E-state index contributed by atoms with van der Waals surface area (Å²) in [7, 11) is 0. The standard InChI is InChI=1S/C12H21N3/c1-8(2)10(4)6-14-12-9(3)5-11(13)7-15-12/h5,7-8,10H,6,13H2,1-4H3,(H,14,15). The molecule has 0 saturated carbocycles. The monoisotopic (exact) mass is 207 g/mol. The third kappa shape index (κ3) is 3.42. The zero-order valence-corrected chi connectivity index (χ0v) is 10.0. The van der Waals surface area contributed by atoms with Gasteiger partial charge in [0.2, 0.25) is 0 Å². The second-order valence-electron chi connectivity index (χ2n) is 4.54. The van der Waals surface area contributed by atoms with E-state index < -0.39 is 0 Å². The molecular formula is C12H21N3. The topological polar surface area (TPSA) is 50.9 Å². The van der Waals surface area contributed by atoms with Crippen LogP contribution < -0.4 is 11.1 Å². The van der Waals surface area contributed by atoms with Gasteiger partial charge >= 0.3 is 0 Å². The fraction of sp³-hybridized carbons (Fsp3) is 0.583. The van der Waals surface area contributed by atoms with E-state index in [4.69, 9.17) is 5.73 Å². The van der Waals surface area contributed by atoms with Crippen molar-refractivity contribution >= 4 is 11.5 Å². The van der Waals surface area contributed by atoms with Gasteiger partial charge in [-0.15, -0.1) is 0 Å². The molecule has 1 aromatic heterocycles. The lowest BCUT2D eigenvalue weighted by Gasteiger charge is -2.17. The maximum atomic E-state index is 5.64. The van der Waals surface area contributed by atoms with Crippen molar-refractivity contribution in [3.63, 3.8) is 0 Å². The predicted molar refractivity (Wildman–Crippen MR) is 65.9 cm³/mol. The molecule has 15 heavy (non-hydrogen) atoms. The van der Waals surface area contributed by atoms with Gasteiger partial charge in [0.15, 0.2) is 0 Å². The summed E-state index contributed by atoms with van der Waals surface area (Å²) in [5.74, 6) is 2.27. The summed E-state index contributed by atoms with van der Waals surface area (Å²) in [5.41, 5.74) is 7.46. The minimum absolute atomic E-state index is 0.642. The molecule has 0 radical (unpaired) electrons. The van der Waals surface area contributed by atoms with Gasteiger partial charge in [0, 0.05) is 6.54 Å². The van der Waals surface area contributed by atoms with E-state index in [1.165, 1.54) is 0 Å². The van der Waals surface area contributed by atoms with Gasteiger partial charge in [-0.05, 0) is 30.4 Å². The highest BCUT2D eigenvalue weighted by Gasteiger charge is 2.07. The fourth-order valence-corrected chi connectivity index (χ4v) is 1.27. The Kier molecular flexibility index (Phi) is 3.95. The number of hydrogen-bond donors (Lipinski definition) is 2. The van der Waals surface area contributed by atoms with Crippen LogP contribution in [0.2, 0.25) is 0 Å². The molecule has 0 amide bonds. The largest absolute Gasteiger partial charge is 0.397 e. The molecule has 1 unspecified atom stereocenters. The highest BCUT2D eigenvalue weighted by atomic mass is 15.0. The highest BCUT2D eigenvalue weighted by molar-refractivity contribution is 5.50. The number of anilines is 2. The first kappa shape index (κ1) is 11.8. The zero-order chi connectivity index (χ0) is 11.4. The van der Waals surface area contributed by atoms with Crippen molar-refractivity contribution in [1.29, 1.82) is 0 Å². The van der Waals surface area contributed by atoms with E-state index in [-0.39, 0.29) is 0 Å². The lowest BCUT2D eigenvalue weighted by Crippen LogP contribution is -2.17. The van der Waals surface area contributed by atoms with Crippen molar-refractivity contribution in [2.75, 3.05) is 17.6 Å². The quantitative estimate of drug-likeness (QED) is 0.798. The van der Waals surface area contributed by atoms with Crippen LogP contribution >= 0.6 is 0 Å². The number of nitrogens with zero attached hydrogens (tertiary/aromatic N) is 1. The molecule has 3 nitrogen and oxygen atoms in total. The lowest BCUT2D eigenvalue weighted by molar-refractivity contribution is 0.439. The van der Waals surface area contributed by atoms with Crippen LogP contribution in [0, 0.1) is 18.8 Å².